The lowest BCUT2D eigenvalue weighted by atomic mass is 10.1. The summed E-state index contributed by atoms with van der Waals surface area (Å²) in [5.74, 6) is -0.0731. The molecule has 2 aromatic rings. The van der Waals surface area contributed by atoms with Gasteiger partial charge in [0.25, 0.3) is 5.91 Å². The van der Waals surface area contributed by atoms with Crippen molar-refractivity contribution < 1.29 is 18.7 Å². The van der Waals surface area contributed by atoms with Crippen molar-refractivity contribution in [3.63, 3.8) is 0 Å². The maximum Gasteiger partial charge on any atom is 0.259 e. The highest BCUT2D eigenvalue weighted by Crippen LogP contribution is 2.25. The Morgan fingerprint density at radius 3 is 2.52 bits per heavy atom. The van der Waals surface area contributed by atoms with Crippen molar-refractivity contribution in [2.24, 2.45) is 0 Å². The first-order valence-electron chi connectivity index (χ1n) is 6.13. The summed E-state index contributed by atoms with van der Waals surface area (Å²) in [5.41, 5.74) is 6.31. The Hall–Kier alpha value is -2.76. The molecule has 0 fully saturated rings. The quantitative estimate of drug-likeness (QED) is 0.849. The molecule has 0 radical (unpaired) electrons. The molecule has 0 atom stereocenters. The number of carbonyl (C=O) groups excluding carboxylic acids is 1. The highest BCUT2D eigenvalue weighted by atomic mass is 19.1. The van der Waals surface area contributed by atoms with E-state index in [-0.39, 0.29) is 16.9 Å². The van der Waals surface area contributed by atoms with E-state index in [0.717, 1.165) is 0 Å². The number of amides is 1. The number of benzene rings is 2. The second-order valence-electron chi connectivity index (χ2n) is 4.29. The van der Waals surface area contributed by atoms with Crippen LogP contribution in [0.3, 0.4) is 0 Å². The predicted molar refractivity (Wildman–Crippen MR) is 78.3 cm³/mol. The van der Waals surface area contributed by atoms with Crippen LogP contribution in [0, 0.1) is 5.82 Å². The van der Waals surface area contributed by atoms with Gasteiger partial charge in [0.05, 0.1) is 19.8 Å². The Morgan fingerprint density at radius 1 is 1.14 bits per heavy atom. The third-order valence-corrected chi connectivity index (χ3v) is 2.83. The summed E-state index contributed by atoms with van der Waals surface area (Å²) < 4.78 is 23.5. The smallest absolute Gasteiger partial charge is 0.259 e. The molecule has 0 aromatic heterocycles. The van der Waals surface area contributed by atoms with Gasteiger partial charge in [-0.2, -0.15) is 0 Å². The number of nitrogens with two attached hydrogens (primary N) is 1. The molecule has 0 aliphatic heterocycles. The van der Waals surface area contributed by atoms with Crippen LogP contribution >= 0.6 is 0 Å². The van der Waals surface area contributed by atoms with Crippen molar-refractivity contribution in [1.82, 2.24) is 0 Å². The molecule has 0 spiro atoms. The third kappa shape index (κ3) is 3.42. The lowest BCUT2D eigenvalue weighted by Gasteiger charge is -2.11. The Bertz CT molecular complexity index is 654. The molecule has 0 saturated carbocycles. The maximum atomic E-state index is 13.3. The number of ether oxygens (including phenoxy) is 2. The van der Waals surface area contributed by atoms with Crippen LogP contribution in [-0.2, 0) is 0 Å². The van der Waals surface area contributed by atoms with Gasteiger partial charge in [0.2, 0.25) is 0 Å². The maximum absolute atomic E-state index is 13.3. The van der Waals surface area contributed by atoms with Crippen LogP contribution in [-0.4, -0.2) is 20.1 Å². The molecule has 0 heterocycles. The van der Waals surface area contributed by atoms with E-state index in [2.05, 4.69) is 5.32 Å². The average Bonchev–Trinajstić information content (AvgIpc) is 2.45. The predicted octanol–water partition coefficient (Wildman–Crippen LogP) is 2.68. The summed E-state index contributed by atoms with van der Waals surface area (Å²) >= 11 is 0. The Morgan fingerprint density at radius 2 is 1.90 bits per heavy atom. The molecule has 1 amide bonds. The number of rotatable bonds is 4. The number of hydrogen-bond donors (Lipinski definition) is 2. The zero-order valence-electron chi connectivity index (χ0n) is 11.6. The Balaban J connectivity index is 2.31. The molecule has 21 heavy (non-hydrogen) atoms. The van der Waals surface area contributed by atoms with Gasteiger partial charge in [0.1, 0.15) is 17.3 Å². The SMILES string of the molecule is COc1ccc(OC)c(C(=O)Nc2cc(N)cc(F)c2)c1. The molecule has 6 heteroatoms. The van der Waals surface area contributed by atoms with E-state index < -0.39 is 11.7 Å². The van der Waals surface area contributed by atoms with E-state index in [1.54, 1.807) is 12.1 Å². The lowest BCUT2D eigenvalue weighted by Crippen LogP contribution is -2.13. The van der Waals surface area contributed by atoms with Crippen LogP contribution in [0.15, 0.2) is 36.4 Å². The van der Waals surface area contributed by atoms with Crippen LogP contribution < -0.4 is 20.5 Å². The fourth-order valence-electron chi connectivity index (χ4n) is 1.87. The van der Waals surface area contributed by atoms with Gasteiger partial charge in [-0.25, -0.2) is 4.39 Å². The molecule has 110 valence electrons. The fraction of sp³-hybridized carbons (Fsp3) is 0.133. The molecule has 5 nitrogen and oxygen atoms in total. The van der Waals surface area contributed by atoms with Gasteiger partial charge in [-0.05, 0) is 36.4 Å². The summed E-state index contributed by atoms with van der Waals surface area (Å²) in [6.07, 6.45) is 0. The normalized spacial score (nSPS) is 10.0. The van der Waals surface area contributed by atoms with Crippen molar-refractivity contribution in [3.05, 3.63) is 47.8 Å². The summed E-state index contributed by atoms with van der Waals surface area (Å²) in [7, 11) is 2.95. The molecule has 0 unspecified atom stereocenters. The average molecular weight is 290 g/mol. The van der Waals surface area contributed by atoms with Crippen molar-refractivity contribution >= 4 is 17.3 Å². The minimum Gasteiger partial charge on any atom is -0.497 e. The van der Waals surface area contributed by atoms with Crippen molar-refractivity contribution in [1.29, 1.82) is 0 Å². The molecule has 0 saturated heterocycles. The fourth-order valence-corrected chi connectivity index (χ4v) is 1.87. The number of carbonyl (C=O) groups is 1. The molecular formula is C15H15FN2O3. The number of methoxy groups -OCH3 is 2. The molecule has 0 aliphatic carbocycles. The van der Waals surface area contributed by atoms with E-state index in [0.29, 0.717) is 11.5 Å². The summed E-state index contributed by atoms with van der Waals surface area (Å²) in [6, 6.07) is 8.65. The Kier molecular flexibility index (Phi) is 4.27. The molecule has 0 aliphatic rings. The topological polar surface area (TPSA) is 73.6 Å². The Labute approximate surface area is 121 Å². The van der Waals surface area contributed by atoms with Gasteiger partial charge >= 0.3 is 0 Å². The zero-order chi connectivity index (χ0) is 15.4. The molecular weight excluding hydrogens is 275 g/mol. The molecule has 2 rings (SSSR count). The summed E-state index contributed by atoms with van der Waals surface area (Å²) in [5, 5.41) is 2.57. The van der Waals surface area contributed by atoms with E-state index in [1.165, 1.54) is 38.5 Å². The van der Waals surface area contributed by atoms with E-state index in [9.17, 15) is 9.18 Å². The largest absolute Gasteiger partial charge is 0.497 e. The number of nitrogen functional groups attached to an aromatic ring is 1. The minimum absolute atomic E-state index is 0.225. The lowest BCUT2D eigenvalue weighted by molar-refractivity contribution is 0.102. The van der Waals surface area contributed by atoms with Gasteiger partial charge < -0.3 is 20.5 Å². The first-order chi connectivity index (χ1) is 10.0. The van der Waals surface area contributed by atoms with Gasteiger partial charge in [0.15, 0.2) is 0 Å². The first kappa shape index (κ1) is 14.6. The zero-order valence-corrected chi connectivity index (χ0v) is 11.6. The second kappa shape index (κ2) is 6.13. The number of hydrogen-bond acceptors (Lipinski definition) is 4. The standard InChI is InChI=1S/C15H15FN2O3/c1-20-12-3-4-14(21-2)13(8-12)15(19)18-11-6-9(16)5-10(17)7-11/h3-8H,17H2,1-2H3,(H,18,19). The van der Waals surface area contributed by atoms with E-state index in [4.69, 9.17) is 15.2 Å². The molecule has 3 N–H and O–H groups in total. The minimum atomic E-state index is -0.525. The monoisotopic (exact) mass is 290 g/mol. The van der Waals surface area contributed by atoms with Gasteiger partial charge in [-0.3, -0.25) is 4.79 Å². The molecule has 0 bridgehead atoms. The summed E-state index contributed by atoms with van der Waals surface area (Å²) in [6.45, 7) is 0. The number of nitrogens with one attached hydrogen (secondary N) is 1. The first-order valence-corrected chi connectivity index (χ1v) is 6.13. The van der Waals surface area contributed by atoms with Crippen molar-refractivity contribution in [3.8, 4) is 11.5 Å². The number of halogens is 1. The van der Waals surface area contributed by atoms with Crippen LogP contribution in [0.25, 0.3) is 0 Å². The van der Waals surface area contributed by atoms with Gasteiger partial charge in [0, 0.05) is 11.4 Å². The molecule has 2 aromatic carbocycles. The number of anilines is 2. The van der Waals surface area contributed by atoms with Crippen molar-refractivity contribution in [2.75, 3.05) is 25.3 Å². The van der Waals surface area contributed by atoms with Gasteiger partial charge in [-0.15, -0.1) is 0 Å². The van der Waals surface area contributed by atoms with Crippen LogP contribution in [0.5, 0.6) is 11.5 Å². The van der Waals surface area contributed by atoms with Crippen LogP contribution in [0.1, 0.15) is 10.4 Å². The second-order valence-corrected chi connectivity index (χ2v) is 4.29. The van der Waals surface area contributed by atoms with E-state index >= 15 is 0 Å². The van der Waals surface area contributed by atoms with Crippen LogP contribution in [0.4, 0.5) is 15.8 Å². The third-order valence-electron chi connectivity index (χ3n) is 2.83. The van der Waals surface area contributed by atoms with Gasteiger partial charge in [-0.1, -0.05) is 0 Å². The highest BCUT2D eigenvalue weighted by Gasteiger charge is 2.14. The van der Waals surface area contributed by atoms with Crippen molar-refractivity contribution in [2.45, 2.75) is 0 Å². The van der Waals surface area contributed by atoms with Crippen LogP contribution in [0.2, 0.25) is 0 Å². The van der Waals surface area contributed by atoms with E-state index in [1.807, 2.05) is 0 Å². The highest BCUT2D eigenvalue weighted by molar-refractivity contribution is 6.06. The summed E-state index contributed by atoms with van der Waals surface area (Å²) in [4.78, 5) is 12.3.